The number of furan rings is 1. The predicted octanol–water partition coefficient (Wildman–Crippen LogP) is 7.21. The van der Waals surface area contributed by atoms with E-state index in [1.54, 1.807) is 24.3 Å². The van der Waals surface area contributed by atoms with Gasteiger partial charge in [-0.15, -0.1) is 0 Å². The van der Waals surface area contributed by atoms with Gasteiger partial charge in [0.15, 0.2) is 23.0 Å². The van der Waals surface area contributed by atoms with Crippen LogP contribution in [-0.2, 0) is 6.42 Å². The van der Waals surface area contributed by atoms with Crippen LogP contribution in [0.2, 0.25) is 0 Å². The number of phenolic OH excluding ortho intramolecular Hbond substituents is 2. The summed E-state index contributed by atoms with van der Waals surface area (Å²) in [7, 11) is 3.00. The summed E-state index contributed by atoms with van der Waals surface area (Å²) in [4.78, 5) is 0. The lowest BCUT2D eigenvalue weighted by Gasteiger charge is -2.14. The number of benzene rings is 4. The van der Waals surface area contributed by atoms with Crippen LogP contribution in [0.25, 0.3) is 28.2 Å². The number of phenols is 2. The Balaban J connectivity index is 1.54. The van der Waals surface area contributed by atoms with Gasteiger partial charge in [-0.3, -0.25) is 0 Å². The zero-order chi connectivity index (χ0) is 26.5. The number of hydrogen-bond donors (Lipinski definition) is 2. The van der Waals surface area contributed by atoms with E-state index in [4.69, 9.17) is 18.6 Å². The molecule has 0 aliphatic carbocycles. The van der Waals surface area contributed by atoms with Crippen LogP contribution >= 0.6 is 0 Å². The van der Waals surface area contributed by atoms with Gasteiger partial charge in [-0.2, -0.15) is 0 Å². The van der Waals surface area contributed by atoms with Crippen molar-refractivity contribution in [3.8, 4) is 39.9 Å². The first-order valence-electron chi connectivity index (χ1n) is 12.2. The predicted molar refractivity (Wildman–Crippen MR) is 148 cm³/mol. The van der Waals surface area contributed by atoms with Gasteiger partial charge in [0, 0.05) is 35.1 Å². The summed E-state index contributed by atoms with van der Waals surface area (Å²) in [5.41, 5.74) is 4.18. The molecule has 5 rings (SSSR count). The molecule has 0 saturated heterocycles. The minimum Gasteiger partial charge on any atom is -0.504 e. The van der Waals surface area contributed by atoms with Crippen LogP contribution in [0.15, 0.2) is 95.4 Å². The second-order valence-electron chi connectivity index (χ2n) is 8.72. The lowest BCUT2D eigenvalue weighted by molar-refractivity contribution is 0.343. The maximum Gasteiger partial charge on any atom is 0.164 e. The van der Waals surface area contributed by atoms with Gasteiger partial charge in [-0.05, 0) is 29.3 Å². The SMILES string of the molecule is COc1cc(OC/C=C/c2ccccc2)c(Cc2oc3cc(OC)c(O)cc3c2-c2ccccc2)cc1O. The highest BCUT2D eigenvalue weighted by Gasteiger charge is 2.21. The van der Waals surface area contributed by atoms with Gasteiger partial charge < -0.3 is 28.8 Å². The molecule has 1 aromatic heterocycles. The largest absolute Gasteiger partial charge is 0.504 e. The van der Waals surface area contributed by atoms with Crippen LogP contribution in [0, 0.1) is 0 Å². The Morgan fingerprint density at radius 1 is 0.763 bits per heavy atom. The highest BCUT2D eigenvalue weighted by molar-refractivity contribution is 5.97. The average Bonchev–Trinajstić information content (AvgIpc) is 3.28. The van der Waals surface area contributed by atoms with Gasteiger partial charge in [0.1, 0.15) is 23.7 Å². The van der Waals surface area contributed by atoms with Crippen LogP contribution in [-0.4, -0.2) is 31.0 Å². The Kier molecular flexibility index (Phi) is 7.22. The molecule has 4 aromatic carbocycles. The topological polar surface area (TPSA) is 81.3 Å². The summed E-state index contributed by atoms with van der Waals surface area (Å²) in [5, 5.41) is 21.8. The molecule has 1 heterocycles. The van der Waals surface area contributed by atoms with Crippen molar-refractivity contribution in [1.82, 2.24) is 0 Å². The highest BCUT2D eigenvalue weighted by Crippen LogP contribution is 2.43. The van der Waals surface area contributed by atoms with Gasteiger partial charge in [-0.25, -0.2) is 0 Å². The molecule has 0 aliphatic rings. The Morgan fingerprint density at radius 3 is 2.13 bits per heavy atom. The Morgan fingerprint density at radius 2 is 1.42 bits per heavy atom. The molecular weight excluding hydrogens is 480 g/mol. The van der Waals surface area contributed by atoms with E-state index in [0.717, 1.165) is 27.6 Å². The molecule has 0 saturated carbocycles. The van der Waals surface area contributed by atoms with E-state index in [0.29, 0.717) is 41.6 Å². The third kappa shape index (κ3) is 5.15. The smallest absolute Gasteiger partial charge is 0.164 e. The van der Waals surface area contributed by atoms with Gasteiger partial charge in [-0.1, -0.05) is 66.7 Å². The minimum atomic E-state index is 0.00589. The summed E-state index contributed by atoms with van der Waals surface area (Å²) < 4.78 is 23.1. The van der Waals surface area contributed by atoms with E-state index < -0.39 is 0 Å². The molecule has 38 heavy (non-hydrogen) atoms. The van der Waals surface area contributed by atoms with Crippen molar-refractivity contribution >= 4 is 17.0 Å². The third-order valence-corrected chi connectivity index (χ3v) is 6.28. The standard InChI is InChI=1S/C32H28O6/c1-35-29-19-27(37-15-9-12-21-10-5-3-6-11-21)23(16-25(29)33)17-31-32(22-13-7-4-8-14-22)24-18-26(34)30(36-2)20-28(24)38-31/h3-14,16,18-20,33-34H,15,17H2,1-2H3/b12-9+. The normalized spacial score (nSPS) is 11.2. The van der Waals surface area contributed by atoms with Gasteiger partial charge in [0.05, 0.1) is 14.2 Å². The first kappa shape index (κ1) is 24.8. The van der Waals surface area contributed by atoms with Crippen molar-refractivity contribution in [2.24, 2.45) is 0 Å². The second-order valence-corrected chi connectivity index (χ2v) is 8.72. The molecule has 0 fully saturated rings. The average molecular weight is 509 g/mol. The fraction of sp³-hybridized carbons (Fsp3) is 0.125. The Labute approximate surface area is 221 Å². The lowest BCUT2D eigenvalue weighted by atomic mass is 9.98. The van der Waals surface area contributed by atoms with E-state index in [1.165, 1.54) is 14.2 Å². The van der Waals surface area contributed by atoms with Crippen molar-refractivity contribution in [1.29, 1.82) is 0 Å². The van der Waals surface area contributed by atoms with Crippen molar-refractivity contribution < 1.29 is 28.8 Å². The summed E-state index contributed by atoms with van der Waals surface area (Å²) in [6, 6.07) is 26.5. The molecule has 5 aromatic rings. The molecule has 2 N–H and O–H groups in total. The molecule has 0 amide bonds. The van der Waals surface area contributed by atoms with Gasteiger partial charge >= 0.3 is 0 Å². The van der Waals surface area contributed by atoms with Gasteiger partial charge in [0.25, 0.3) is 0 Å². The first-order chi connectivity index (χ1) is 18.6. The first-order valence-corrected chi connectivity index (χ1v) is 12.2. The number of fused-ring (bicyclic) bond motifs is 1. The molecule has 6 nitrogen and oxygen atoms in total. The zero-order valence-corrected chi connectivity index (χ0v) is 21.2. The van der Waals surface area contributed by atoms with Crippen molar-refractivity contribution in [3.05, 3.63) is 108 Å². The van der Waals surface area contributed by atoms with Crippen molar-refractivity contribution in [2.45, 2.75) is 6.42 Å². The minimum absolute atomic E-state index is 0.00589. The van der Waals surface area contributed by atoms with Gasteiger partial charge in [0.2, 0.25) is 0 Å². The number of methoxy groups -OCH3 is 2. The summed E-state index contributed by atoms with van der Waals surface area (Å²) in [6.45, 7) is 0.326. The Hall–Kier alpha value is -4.84. The zero-order valence-electron chi connectivity index (χ0n) is 21.2. The number of hydrogen-bond acceptors (Lipinski definition) is 6. The monoisotopic (exact) mass is 508 g/mol. The fourth-order valence-corrected chi connectivity index (χ4v) is 4.46. The molecule has 192 valence electrons. The summed E-state index contributed by atoms with van der Waals surface area (Å²) in [6.07, 6.45) is 4.26. The van der Waals surface area contributed by atoms with Crippen LogP contribution in [0.3, 0.4) is 0 Å². The molecule has 6 heteroatoms. The quantitative estimate of drug-likeness (QED) is 0.219. The summed E-state index contributed by atoms with van der Waals surface area (Å²) >= 11 is 0. The molecular formula is C32H28O6. The van der Waals surface area contributed by atoms with Crippen LogP contribution in [0.5, 0.6) is 28.7 Å². The number of rotatable bonds is 9. The summed E-state index contributed by atoms with van der Waals surface area (Å²) in [5.74, 6) is 1.91. The van der Waals surface area contributed by atoms with Crippen LogP contribution < -0.4 is 14.2 Å². The molecule has 0 radical (unpaired) electrons. The van der Waals surface area contributed by atoms with Crippen LogP contribution in [0.4, 0.5) is 0 Å². The number of aromatic hydroxyl groups is 2. The van der Waals surface area contributed by atoms with E-state index in [2.05, 4.69) is 0 Å². The van der Waals surface area contributed by atoms with Crippen molar-refractivity contribution in [3.63, 3.8) is 0 Å². The van der Waals surface area contributed by atoms with E-state index >= 15 is 0 Å². The molecule has 0 aliphatic heterocycles. The number of ether oxygens (including phenoxy) is 3. The molecule has 0 unspecified atom stereocenters. The van der Waals surface area contributed by atoms with E-state index in [9.17, 15) is 10.2 Å². The maximum absolute atomic E-state index is 10.6. The Bertz CT molecular complexity index is 1570. The maximum atomic E-state index is 10.6. The van der Waals surface area contributed by atoms with Crippen molar-refractivity contribution in [2.75, 3.05) is 20.8 Å². The molecule has 0 atom stereocenters. The second kappa shape index (κ2) is 11.0. The van der Waals surface area contributed by atoms with E-state index in [1.807, 2.05) is 72.8 Å². The van der Waals surface area contributed by atoms with E-state index in [-0.39, 0.29) is 11.5 Å². The molecule has 0 spiro atoms. The lowest BCUT2D eigenvalue weighted by Crippen LogP contribution is -2.00. The fourth-order valence-electron chi connectivity index (χ4n) is 4.46. The highest BCUT2D eigenvalue weighted by atomic mass is 16.5. The molecule has 0 bridgehead atoms. The third-order valence-electron chi connectivity index (χ3n) is 6.28. The van der Waals surface area contributed by atoms with Crippen LogP contribution in [0.1, 0.15) is 16.9 Å².